The number of allylic oxidation sites excluding steroid dienone is 1. The normalized spacial score (nSPS) is 18.2. The maximum Gasteiger partial charge on any atom is 0.330 e. The van der Waals surface area contributed by atoms with Crippen LogP contribution in [0, 0.1) is 5.82 Å². The number of carbonyl (C=O) groups is 1. The quantitative estimate of drug-likeness (QED) is 0.800. The van der Waals surface area contributed by atoms with E-state index in [0.29, 0.717) is 0 Å². The summed E-state index contributed by atoms with van der Waals surface area (Å²) in [5.74, 6) is -2.01. The van der Waals surface area contributed by atoms with Gasteiger partial charge in [-0.2, -0.15) is 0 Å². The summed E-state index contributed by atoms with van der Waals surface area (Å²) in [4.78, 5) is 36.5. The molecule has 6 nitrogen and oxygen atoms in total. The first-order chi connectivity index (χ1) is 11.2. The van der Waals surface area contributed by atoms with Gasteiger partial charge in [0.1, 0.15) is 11.6 Å². The molecule has 1 aromatic carbocycles. The van der Waals surface area contributed by atoms with Gasteiger partial charge in [0.2, 0.25) is 0 Å². The van der Waals surface area contributed by atoms with Crippen molar-refractivity contribution < 1.29 is 14.3 Å². The number of hydrogen-bond acceptors (Lipinski definition) is 4. The molecule has 0 saturated heterocycles. The van der Waals surface area contributed by atoms with E-state index in [1.807, 2.05) is 0 Å². The van der Waals surface area contributed by atoms with Crippen molar-refractivity contribution in [2.24, 2.45) is 14.1 Å². The molecule has 0 amide bonds. The summed E-state index contributed by atoms with van der Waals surface area (Å²) in [6, 6.07) is 2.24. The molecule has 0 bridgehead atoms. The highest BCUT2D eigenvalue weighted by Crippen LogP contribution is 2.43. The Morgan fingerprint density at radius 2 is 1.88 bits per heavy atom. The lowest BCUT2D eigenvalue weighted by Gasteiger charge is -2.08. The summed E-state index contributed by atoms with van der Waals surface area (Å²) < 4.78 is 16.2. The molecule has 1 heterocycles. The molecule has 1 N–H and O–H groups in total. The molecule has 1 atom stereocenters. The molecule has 7 heteroatoms. The first-order valence-electron chi connectivity index (χ1n) is 7.28. The molecular weight excluding hydrogens is 315 g/mol. The van der Waals surface area contributed by atoms with E-state index in [1.165, 1.54) is 30.9 Å². The summed E-state index contributed by atoms with van der Waals surface area (Å²) in [7, 11) is 2.83. The Balaban J connectivity index is 2.23. The van der Waals surface area contributed by atoms with E-state index in [9.17, 15) is 23.9 Å². The van der Waals surface area contributed by atoms with Crippen LogP contribution in [0.25, 0.3) is 6.08 Å². The summed E-state index contributed by atoms with van der Waals surface area (Å²) in [5.41, 5.74) is -0.655. The van der Waals surface area contributed by atoms with Gasteiger partial charge >= 0.3 is 5.69 Å². The van der Waals surface area contributed by atoms with Gasteiger partial charge in [0, 0.05) is 37.3 Å². The number of Topliss-reactive ketones (excluding diaryl/α,β-unsaturated/α-hetero) is 1. The molecule has 124 valence electrons. The van der Waals surface area contributed by atoms with E-state index in [1.54, 1.807) is 6.92 Å². The van der Waals surface area contributed by atoms with Gasteiger partial charge in [-0.05, 0) is 18.2 Å². The Bertz CT molecular complexity index is 1030. The number of aryl methyl sites for hydroxylation is 1. The van der Waals surface area contributed by atoms with Gasteiger partial charge in [-0.15, -0.1) is 0 Å². The van der Waals surface area contributed by atoms with Crippen molar-refractivity contribution in [2.45, 2.75) is 12.8 Å². The SMILES string of the molecule is C[C@H]1/C(=C\c2cn(C)c(=O)n(C)c2=O)C(=O)c2c(O)ccc(F)c21. The first kappa shape index (κ1) is 15.9. The van der Waals surface area contributed by atoms with Crippen molar-refractivity contribution in [1.29, 1.82) is 0 Å². The fourth-order valence-electron chi connectivity index (χ4n) is 3.03. The molecule has 1 aromatic heterocycles. The molecule has 0 saturated carbocycles. The van der Waals surface area contributed by atoms with Crippen LogP contribution in [-0.4, -0.2) is 20.0 Å². The number of phenolic OH excluding ortho intramolecular Hbond substituents is 1. The zero-order chi connectivity index (χ0) is 17.8. The van der Waals surface area contributed by atoms with Crippen LogP contribution in [0.2, 0.25) is 0 Å². The minimum atomic E-state index is -0.610. The standard InChI is InChI=1S/C17H15FN2O4/c1-8-10(6-9-7-19(2)17(24)20(3)16(9)23)15(22)14-12(21)5-4-11(18)13(8)14/h4-8,21H,1-3H3/b10-6+/t8-/m0/s1. The molecular formula is C17H15FN2O4. The van der Waals surface area contributed by atoms with Gasteiger partial charge in [0.05, 0.1) is 11.1 Å². The average molecular weight is 330 g/mol. The number of phenols is 1. The largest absolute Gasteiger partial charge is 0.507 e. The monoisotopic (exact) mass is 330 g/mol. The van der Waals surface area contributed by atoms with Gasteiger partial charge in [-0.1, -0.05) is 6.92 Å². The maximum absolute atomic E-state index is 14.1. The van der Waals surface area contributed by atoms with Crippen LogP contribution in [0.3, 0.4) is 0 Å². The minimum Gasteiger partial charge on any atom is -0.507 e. The molecule has 0 aliphatic heterocycles. The summed E-state index contributed by atoms with van der Waals surface area (Å²) in [5, 5.41) is 9.88. The van der Waals surface area contributed by atoms with E-state index in [2.05, 4.69) is 0 Å². The minimum absolute atomic E-state index is 0.0737. The van der Waals surface area contributed by atoms with Gasteiger partial charge in [0.25, 0.3) is 5.56 Å². The molecule has 0 spiro atoms. The number of carbonyl (C=O) groups excluding carboxylic acids is 1. The lowest BCUT2D eigenvalue weighted by Crippen LogP contribution is -2.37. The molecule has 3 rings (SSSR count). The molecule has 0 radical (unpaired) electrons. The number of aromatic nitrogens is 2. The Kier molecular flexibility index (Phi) is 3.51. The van der Waals surface area contributed by atoms with Crippen molar-refractivity contribution in [3.05, 3.63) is 67.2 Å². The lowest BCUT2D eigenvalue weighted by molar-refractivity contribution is 0.103. The Morgan fingerprint density at radius 1 is 1.21 bits per heavy atom. The van der Waals surface area contributed by atoms with Crippen molar-refractivity contribution in [3.8, 4) is 5.75 Å². The van der Waals surface area contributed by atoms with E-state index < -0.39 is 28.8 Å². The third-order valence-electron chi connectivity index (χ3n) is 4.34. The Morgan fingerprint density at radius 3 is 2.50 bits per heavy atom. The Hall–Kier alpha value is -2.96. The van der Waals surface area contributed by atoms with Crippen LogP contribution in [0.5, 0.6) is 5.75 Å². The second kappa shape index (κ2) is 5.30. The second-order valence-electron chi connectivity index (χ2n) is 5.85. The van der Waals surface area contributed by atoms with E-state index in [4.69, 9.17) is 0 Å². The van der Waals surface area contributed by atoms with Crippen LogP contribution in [0.15, 0.2) is 33.5 Å². The van der Waals surface area contributed by atoms with Crippen molar-refractivity contribution in [1.82, 2.24) is 9.13 Å². The third kappa shape index (κ3) is 2.12. The maximum atomic E-state index is 14.1. The number of benzene rings is 1. The van der Waals surface area contributed by atoms with E-state index in [0.717, 1.165) is 16.7 Å². The van der Waals surface area contributed by atoms with Gasteiger partial charge < -0.3 is 9.67 Å². The smallest absolute Gasteiger partial charge is 0.330 e. The van der Waals surface area contributed by atoms with Crippen LogP contribution in [0.4, 0.5) is 4.39 Å². The number of aromatic hydroxyl groups is 1. The lowest BCUT2D eigenvalue weighted by atomic mass is 9.98. The highest BCUT2D eigenvalue weighted by atomic mass is 19.1. The summed E-state index contributed by atoms with van der Waals surface area (Å²) in [6.07, 6.45) is 2.69. The summed E-state index contributed by atoms with van der Waals surface area (Å²) in [6.45, 7) is 1.63. The fourth-order valence-corrected chi connectivity index (χ4v) is 3.03. The zero-order valence-corrected chi connectivity index (χ0v) is 13.3. The third-order valence-corrected chi connectivity index (χ3v) is 4.34. The summed E-state index contributed by atoms with van der Waals surface area (Å²) >= 11 is 0. The van der Waals surface area contributed by atoms with Gasteiger partial charge in [0.15, 0.2) is 5.78 Å². The average Bonchev–Trinajstić information content (AvgIpc) is 2.79. The van der Waals surface area contributed by atoms with Crippen LogP contribution < -0.4 is 11.2 Å². The molecule has 0 fully saturated rings. The second-order valence-corrected chi connectivity index (χ2v) is 5.85. The van der Waals surface area contributed by atoms with Crippen LogP contribution in [0.1, 0.15) is 34.3 Å². The first-order valence-corrected chi connectivity index (χ1v) is 7.28. The zero-order valence-electron chi connectivity index (χ0n) is 13.3. The van der Waals surface area contributed by atoms with Crippen molar-refractivity contribution in [2.75, 3.05) is 0 Å². The number of ketones is 1. The predicted molar refractivity (Wildman–Crippen MR) is 85.7 cm³/mol. The van der Waals surface area contributed by atoms with Gasteiger partial charge in [-0.25, -0.2) is 9.18 Å². The molecule has 0 unspecified atom stereocenters. The van der Waals surface area contributed by atoms with Crippen molar-refractivity contribution in [3.63, 3.8) is 0 Å². The molecule has 1 aliphatic rings. The highest BCUT2D eigenvalue weighted by Gasteiger charge is 2.36. The number of rotatable bonds is 1. The predicted octanol–water partition coefficient (Wildman–Crippen LogP) is 1.31. The van der Waals surface area contributed by atoms with Crippen molar-refractivity contribution >= 4 is 11.9 Å². The molecule has 2 aromatic rings. The van der Waals surface area contributed by atoms with E-state index in [-0.39, 0.29) is 28.0 Å². The topological polar surface area (TPSA) is 81.3 Å². The van der Waals surface area contributed by atoms with Gasteiger partial charge in [-0.3, -0.25) is 14.2 Å². The van der Waals surface area contributed by atoms with Crippen LogP contribution >= 0.6 is 0 Å². The fraction of sp³-hybridized carbons (Fsp3) is 0.235. The number of nitrogens with zero attached hydrogens (tertiary/aromatic N) is 2. The number of fused-ring (bicyclic) bond motifs is 1. The molecule has 24 heavy (non-hydrogen) atoms. The van der Waals surface area contributed by atoms with Crippen LogP contribution in [-0.2, 0) is 14.1 Å². The highest BCUT2D eigenvalue weighted by molar-refractivity contribution is 6.18. The molecule has 1 aliphatic carbocycles. The Labute approximate surface area is 136 Å². The van der Waals surface area contributed by atoms with E-state index >= 15 is 0 Å². The number of hydrogen-bond donors (Lipinski definition) is 1. The number of halogens is 1.